The number of carbonyl (C=O) groups excluding carboxylic acids is 3. The van der Waals surface area contributed by atoms with Crippen molar-refractivity contribution in [2.24, 2.45) is 0 Å². The quantitative estimate of drug-likeness (QED) is 0.628. The molecule has 1 aromatic heterocycles. The largest absolute Gasteiger partial charge is 0.487 e. The summed E-state index contributed by atoms with van der Waals surface area (Å²) in [6.45, 7) is 6.11. The SMILES string of the molecule is C=C1CCC(N2C(=O)c3cccc(OCc4sc5ccccc5c4C)c3C2=O)C(=O)N1. The molecule has 0 saturated carbocycles. The molecule has 6 nitrogen and oxygen atoms in total. The lowest BCUT2D eigenvalue weighted by Gasteiger charge is -2.29. The van der Waals surface area contributed by atoms with Crippen molar-refractivity contribution in [2.45, 2.75) is 32.4 Å². The molecule has 0 aliphatic carbocycles. The minimum absolute atomic E-state index is 0.225. The van der Waals surface area contributed by atoms with Gasteiger partial charge < -0.3 is 10.1 Å². The van der Waals surface area contributed by atoms with E-state index in [1.165, 1.54) is 10.1 Å². The Morgan fingerprint density at radius 2 is 1.94 bits per heavy atom. The summed E-state index contributed by atoms with van der Waals surface area (Å²) in [5.74, 6) is -0.975. The van der Waals surface area contributed by atoms with Crippen molar-refractivity contribution in [3.63, 3.8) is 0 Å². The van der Waals surface area contributed by atoms with Crippen LogP contribution in [0.3, 0.4) is 0 Å². The van der Waals surface area contributed by atoms with E-state index < -0.39 is 17.9 Å². The number of piperidine rings is 1. The van der Waals surface area contributed by atoms with E-state index in [9.17, 15) is 14.4 Å². The highest BCUT2D eigenvalue weighted by Gasteiger charge is 2.45. The van der Waals surface area contributed by atoms with Crippen molar-refractivity contribution in [1.82, 2.24) is 10.2 Å². The number of allylic oxidation sites excluding steroid dienone is 1. The maximum Gasteiger partial charge on any atom is 0.266 e. The number of hydrogen-bond donors (Lipinski definition) is 1. The van der Waals surface area contributed by atoms with E-state index in [4.69, 9.17) is 4.74 Å². The molecule has 0 radical (unpaired) electrons. The molecule has 1 saturated heterocycles. The average molecular weight is 433 g/mol. The number of amides is 3. The summed E-state index contributed by atoms with van der Waals surface area (Å²) in [6.07, 6.45) is 0.895. The lowest BCUT2D eigenvalue weighted by molar-refractivity contribution is -0.125. The van der Waals surface area contributed by atoms with Gasteiger partial charge in [-0.05, 0) is 48.9 Å². The number of imide groups is 1. The van der Waals surface area contributed by atoms with Gasteiger partial charge in [0.2, 0.25) is 5.91 Å². The summed E-state index contributed by atoms with van der Waals surface area (Å²) in [7, 11) is 0. The Hall–Kier alpha value is -3.45. The van der Waals surface area contributed by atoms with Crippen molar-refractivity contribution < 1.29 is 19.1 Å². The second kappa shape index (κ2) is 7.35. The van der Waals surface area contributed by atoms with Crippen molar-refractivity contribution in [3.8, 4) is 5.75 Å². The Balaban J connectivity index is 1.43. The topological polar surface area (TPSA) is 75.7 Å². The third-order valence-corrected chi connectivity index (χ3v) is 7.09. The molecule has 156 valence electrons. The molecule has 3 amide bonds. The van der Waals surface area contributed by atoms with Crippen LogP contribution in [0.1, 0.15) is 44.0 Å². The van der Waals surface area contributed by atoms with E-state index in [1.54, 1.807) is 29.5 Å². The van der Waals surface area contributed by atoms with Crippen LogP contribution in [-0.4, -0.2) is 28.7 Å². The van der Waals surface area contributed by atoms with Gasteiger partial charge in [0, 0.05) is 15.3 Å². The van der Waals surface area contributed by atoms with Crippen LogP contribution in [0.4, 0.5) is 0 Å². The maximum absolute atomic E-state index is 13.2. The average Bonchev–Trinajstić information content (AvgIpc) is 3.21. The molecule has 2 aromatic carbocycles. The van der Waals surface area contributed by atoms with E-state index in [1.807, 2.05) is 12.1 Å². The first-order chi connectivity index (χ1) is 15.0. The minimum Gasteiger partial charge on any atom is -0.487 e. The molecule has 5 rings (SSSR count). The van der Waals surface area contributed by atoms with Gasteiger partial charge in [-0.15, -0.1) is 11.3 Å². The molecule has 1 N–H and O–H groups in total. The summed E-state index contributed by atoms with van der Waals surface area (Å²) in [4.78, 5) is 40.7. The van der Waals surface area contributed by atoms with Gasteiger partial charge in [0.15, 0.2) is 0 Å². The van der Waals surface area contributed by atoms with Crippen molar-refractivity contribution >= 4 is 39.1 Å². The summed E-state index contributed by atoms with van der Waals surface area (Å²) in [5.41, 5.74) is 2.24. The molecule has 1 unspecified atom stereocenters. The Labute approximate surface area is 183 Å². The van der Waals surface area contributed by atoms with Crippen LogP contribution < -0.4 is 10.1 Å². The monoisotopic (exact) mass is 432 g/mol. The zero-order valence-electron chi connectivity index (χ0n) is 16.9. The Bertz CT molecular complexity index is 1280. The van der Waals surface area contributed by atoms with Crippen LogP contribution in [0.15, 0.2) is 54.7 Å². The number of benzene rings is 2. The molecule has 31 heavy (non-hydrogen) atoms. The molecule has 0 bridgehead atoms. The molecule has 3 aromatic rings. The van der Waals surface area contributed by atoms with E-state index in [0.717, 1.165) is 15.3 Å². The molecule has 1 fully saturated rings. The fourth-order valence-electron chi connectivity index (χ4n) is 4.19. The third kappa shape index (κ3) is 3.13. The summed E-state index contributed by atoms with van der Waals surface area (Å²) in [5, 5.41) is 3.83. The van der Waals surface area contributed by atoms with E-state index in [2.05, 4.69) is 31.0 Å². The van der Waals surface area contributed by atoms with Crippen LogP contribution >= 0.6 is 11.3 Å². The van der Waals surface area contributed by atoms with E-state index in [0.29, 0.717) is 30.9 Å². The highest BCUT2D eigenvalue weighted by molar-refractivity contribution is 7.19. The summed E-state index contributed by atoms with van der Waals surface area (Å²) < 4.78 is 7.22. The van der Waals surface area contributed by atoms with Crippen LogP contribution in [0, 0.1) is 6.92 Å². The fourth-order valence-corrected chi connectivity index (χ4v) is 5.31. The number of nitrogens with one attached hydrogen (secondary N) is 1. The van der Waals surface area contributed by atoms with Crippen molar-refractivity contribution in [3.05, 3.63) is 76.3 Å². The first-order valence-electron chi connectivity index (χ1n) is 10.0. The zero-order valence-corrected chi connectivity index (χ0v) is 17.8. The highest BCUT2D eigenvalue weighted by Crippen LogP contribution is 2.36. The van der Waals surface area contributed by atoms with Gasteiger partial charge in [0.05, 0.1) is 11.1 Å². The molecular weight excluding hydrogens is 412 g/mol. The number of ether oxygens (including phenoxy) is 1. The van der Waals surface area contributed by atoms with Gasteiger partial charge in [-0.25, -0.2) is 0 Å². The van der Waals surface area contributed by atoms with Crippen molar-refractivity contribution in [2.75, 3.05) is 0 Å². The van der Waals surface area contributed by atoms with Gasteiger partial charge >= 0.3 is 0 Å². The lowest BCUT2D eigenvalue weighted by Crippen LogP contribution is -2.51. The molecule has 7 heteroatoms. The standard InChI is InChI=1S/C24H20N2O4S/c1-13-10-11-17(22(27)25-13)26-23(28)16-7-5-8-18(21(16)24(26)29)30-12-20-14(2)15-6-3-4-9-19(15)31-20/h3-9,17H,1,10-12H2,2H3,(H,25,27). The number of thiophene rings is 1. The molecular formula is C24H20N2O4S. The Kier molecular flexibility index (Phi) is 4.63. The highest BCUT2D eigenvalue weighted by atomic mass is 32.1. The predicted octanol–water partition coefficient (Wildman–Crippen LogP) is 4.18. The smallest absolute Gasteiger partial charge is 0.266 e. The molecule has 2 aliphatic heterocycles. The zero-order chi connectivity index (χ0) is 21.7. The molecule has 1 atom stereocenters. The van der Waals surface area contributed by atoms with E-state index in [-0.39, 0.29) is 17.0 Å². The van der Waals surface area contributed by atoms with Crippen LogP contribution in [-0.2, 0) is 11.4 Å². The number of carbonyl (C=O) groups is 3. The normalized spacial score (nSPS) is 18.5. The number of rotatable bonds is 4. The van der Waals surface area contributed by atoms with Gasteiger partial charge in [-0.1, -0.05) is 30.8 Å². The first kappa shape index (κ1) is 19.5. The Morgan fingerprint density at radius 3 is 2.71 bits per heavy atom. The molecule has 3 heterocycles. The van der Waals surface area contributed by atoms with Gasteiger partial charge in [0.1, 0.15) is 18.4 Å². The number of fused-ring (bicyclic) bond motifs is 2. The van der Waals surface area contributed by atoms with Crippen LogP contribution in [0.25, 0.3) is 10.1 Å². The number of nitrogens with zero attached hydrogens (tertiary/aromatic N) is 1. The number of hydrogen-bond acceptors (Lipinski definition) is 5. The summed E-state index contributed by atoms with van der Waals surface area (Å²) >= 11 is 1.65. The van der Waals surface area contributed by atoms with Crippen LogP contribution in [0.5, 0.6) is 5.75 Å². The molecule has 0 spiro atoms. The Morgan fingerprint density at radius 1 is 1.13 bits per heavy atom. The van der Waals surface area contributed by atoms with Crippen LogP contribution in [0.2, 0.25) is 0 Å². The predicted molar refractivity (Wildman–Crippen MR) is 118 cm³/mol. The third-order valence-electron chi connectivity index (χ3n) is 5.84. The van der Waals surface area contributed by atoms with Gasteiger partial charge in [-0.2, -0.15) is 0 Å². The second-order valence-corrected chi connectivity index (χ2v) is 8.88. The lowest BCUT2D eigenvalue weighted by atomic mass is 10.0. The molecule has 2 aliphatic rings. The summed E-state index contributed by atoms with van der Waals surface area (Å²) in [6, 6.07) is 12.3. The second-order valence-electron chi connectivity index (χ2n) is 7.74. The number of aryl methyl sites for hydroxylation is 1. The van der Waals surface area contributed by atoms with Gasteiger partial charge in [0.25, 0.3) is 11.8 Å². The van der Waals surface area contributed by atoms with Gasteiger partial charge in [-0.3, -0.25) is 19.3 Å². The van der Waals surface area contributed by atoms with E-state index >= 15 is 0 Å². The first-order valence-corrected chi connectivity index (χ1v) is 10.9. The fraction of sp³-hybridized carbons (Fsp3) is 0.208. The minimum atomic E-state index is -0.837. The van der Waals surface area contributed by atoms with Crippen molar-refractivity contribution in [1.29, 1.82) is 0 Å². The maximum atomic E-state index is 13.2.